The summed E-state index contributed by atoms with van der Waals surface area (Å²) in [4.78, 5) is 4.41. The Morgan fingerprint density at radius 1 is 1.29 bits per heavy atom. The standard InChI is InChI=1S/C18H33N3O2.HI/c1-3-4-11-22-12-6-10-20-17(19-2)21-15-14-7-13-23-16(14)18(15)8-5-9-18;/h14-16H,3-13H2,1-2H3,(H2,19,20,21);1H. The summed E-state index contributed by atoms with van der Waals surface area (Å²) in [6.45, 7) is 5.76. The monoisotopic (exact) mass is 451 g/mol. The molecule has 3 atom stereocenters. The third kappa shape index (κ3) is 4.01. The van der Waals surface area contributed by atoms with Crippen LogP contribution in [0.3, 0.4) is 0 Å². The van der Waals surface area contributed by atoms with Crippen molar-refractivity contribution >= 4 is 29.9 Å². The van der Waals surface area contributed by atoms with E-state index in [-0.39, 0.29) is 24.0 Å². The number of aliphatic imine (C=N–C) groups is 1. The fraction of sp³-hybridized carbons (Fsp3) is 0.944. The largest absolute Gasteiger partial charge is 0.381 e. The summed E-state index contributed by atoms with van der Waals surface area (Å²) in [5, 5.41) is 7.14. The number of ether oxygens (including phenoxy) is 2. The molecule has 24 heavy (non-hydrogen) atoms. The van der Waals surface area contributed by atoms with Gasteiger partial charge in [-0.1, -0.05) is 19.8 Å². The zero-order valence-electron chi connectivity index (χ0n) is 15.2. The van der Waals surface area contributed by atoms with Gasteiger partial charge in [-0.2, -0.15) is 0 Å². The van der Waals surface area contributed by atoms with Crippen LogP contribution in [0.1, 0.15) is 51.9 Å². The smallest absolute Gasteiger partial charge is 0.191 e. The summed E-state index contributed by atoms with van der Waals surface area (Å²) in [6.07, 6.45) is 9.07. The van der Waals surface area contributed by atoms with Crippen LogP contribution in [0, 0.1) is 11.3 Å². The zero-order chi connectivity index (χ0) is 16.1. The van der Waals surface area contributed by atoms with Gasteiger partial charge in [-0.3, -0.25) is 4.99 Å². The van der Waals surface area contributed by atoms with Crippen LogP contribution in [-0.4, -0.2) is 51.5 Å². The van der Waals surface area contributed by atoms with Crippen molar-refractivity contribution in [1.29, 1.82) is 0 Å². The van der Waals surface area contributed by atoms with Crippen LogP contribution in [0.15, 0.2) is 4.99 Å². The van der Waals surface area contributed by atoms with Gasteiger partial charge in [0, 0.05) is 50.8 Å². The Morgan fingerprint density at radius 2 is 2.08 bits per heavy atom. The van der Waals surface area contributed by atoms with Gasteiger partial charge in [-0.15, -0.1) is 24.0 Å². The number of unbranched alkanes of at least 4 members (excludes halogenated alkanes) is 1. The topological polar surface area (TPSA) is 54.9 Å². The van der Waals surface area contributed by atoms with E-state index in [4.69, 9.17) is 9.47 Å². The first-order valence-corrected chi connectivity index (χ1v) is 9.48. The Bertz CT molecular complexity index is 415. The minimum absolute atomic E-state index is 0. The molecular weight excluding hydrogens is 417 g/mol. The van der Waals surface area contributed by atoms with Crippen molar-refractivity contribution in [2.24, 2.45) is 16.3 Å². The van der Waals surface area contributed by atoms with E-state index < -0.39 is 0 Å². The molecule has 3 aliphatic rings. The number of halogens is 1. The van der Waals surface area contributed by atoms with Crippen molar-refractivity contribution in [2.45, 2.75) is 64.0 Å². The molecule has 1 heterocycles. The van der Waals surface area contributed by atoms with Crippen molar-refractivity contribution in [3.05, 3.63) is 0 Å². The number of hydrogen-bond acceptors (Lipinski definition) is 3. The van der Waals surface area contributed by atoms with Gasteiger partial charge in [0.2, 0.25) is 0 Å². The number of guanidine groups is 1. The van der Waals surface area contributed by atoms with E-state index in [1.54, 1.807) is 0 Å². The predicted molar refractivity (Wildman–Crippen MR) is 108 cm³/mol. The Hall–Kier alpha value is -0.0800. The Kier molecular flexibility index (Phi) is 8.07. The summed E-state index contributed by atoms with van der Waals surface area (Å²) >= 11 is 0. The second-order valence-electron chi connectivity index (χ2n) is 7.27. The summed E-state index contributed by atoms with van der Waals surface area (Å²) in [7, 11) is 1.86. The maximum absolute atomic E-state index is 5.98. The van der Waals surface area contributed by atoms with Crippen molar-refractivity contribution in [3.8, 4) is 0 Å². The van der Waals surface area contributed by atoms with Gasteiger partial charge in [0.1, 0.15) is 0 Å². The van der Waals surface area contributed by atoms with E-state index in [1.807, 2.05) is 7.05 Å². The first kappa shape index (κ1) is 20.2. The van der Waals surface area contributed by atoms with Crippen LogP contribution >= 0.6 is 24.0 Å². The summed E-state index contributed by atoms with van der Waals surface area (Å²) < 4.78 is 11.6. The first-order chi connectivity index (χ1) is 11.3. The molecule has 2 N–H and O–H groups in total. The molecule has 0 bridgehead atoms. The van der Waals surface area contributed by atoms with E-state index in [9.17, 15) is 0 Å². The molecule has 3 rings (SSSR count). The number of hydrogen-bond donors (Lipinski definition) is 2. The molecule has 0 radical (unpaired) electrons. The van der Waals surface area contributed by atoms with E-state index in [1.165, 1.54) is 32.1 Å². The molecule has 0 amide bonds. The van der Waals surface area contributed by atoms with Crippen molar-refractivity contribution < 1.29 is 9.47 Å². The molecule has 1 spiro atoms. The number of nitrogens with zero attached hydrogens (tertiary/aromatic N) is 1. The molecular formula is C18H34IN3O2. The molecule has 2 saturated carbocycles. The maximum Gasteiger partial charge on any atom is 0.191 e. The Balaban J connectivity index is 0.00000208. The van der Waals surface area contributed by atoms with Gasteiger partial charge in [-0.25, -0.2) is 0 Å². The number of rotatable bonds is 8. The lowest BCUT2D eigenvalue weighted by Crippen LogP contribution is -2.72. The SMILES string of the molecule is CCCCOCCCNC(=NC)NC1C2CCOC2C12CCC2.I. The van der Waals surface area contributed by atoms with Gasteiger partial charge >= 0.3 is 0 Å². The molecule has 140 valence electrons. The van der Waals surface area contributed by atoms with Crippen LogP contribution in [0.5, 0.6) is 0 Å². The lowest BCUT2D eigenvalue weighted by molar-refractivity contribution is -0.171. The minimum Gasteiger partial charge on any atom is -0.381 e. The van der Waals surface area contributed by atoms with Crippen LogP contribution in [-0.2, 0) is 9.47 Å². The fourth-order valence-electron chi connectivity index (χ4n) is 4.53. The second kappa shape index (κ2) is 9.57. The summed E-state index contributed by atoms with van der Waals surface area (Å²) in [5.41, 5.74) is 0.405. The molecule has 0 aromatic heterocycles. The normalized spacial score (nSPS) is 30.1. The highest BCUT2D eigenvalue weighted by Gasteiger charge is 2.66. The highest BCUT2D eigenvalue weighted by atomic mass is 127. The lowest BCUT2D eigenvalue weighted by Gasteiger charge is -2.63. The quantitative estimate of drug-likeness (QED) is 0.258. The van der Waals surface area contributed by atoms with Crippen LogP contribution in [0.2, 0.25) is 0 Å². The number of fused-ring (bicyclic) bond motifs is 2. The summed E-state index contributed by atoms with van der Waals surface area (Å²) in [6, 6.07) is 0.552. The molecule has 1 saturated heterocycles. The zero-order valence-corrected chi connectivity index (χ0v) is 17.5. The first-order valence-electron chi connectivity index (χ1n) is 9.48. The lowest BCUT2D eigenvalue weighted by atomic mass is 9.46. The Labute approximate surface area is 163 Å². The van der Waals surface area contributed by atoms with Crippen LogP contribution in [0.4, 0.5) is 0 Å². The van der Waals surface area contributed by atoms with E-state index in [0.29, 0.717) is 23.5 Å². The maximum atomic E-state index is 5.98. The Morgan fingerprint density at radius 3 is 2.75 bits per heavy atom. The molecule has 3 unspecified atom stereocenters. The molecule has 3 fully saturated rings. The van der Waals surface area contributed by atoms with Gasteiger partial charge in [0.05, 0.1) is 6.10 Å². The minimum atomic E-state index is 0. The molecule has 5 nitrogen and oxygen atoms in total. The second-order valence-corrected chi connectivity index (χ2v) is 7.27. The van der Waals surface area contributed by atoms with Gasteiger partial charge in [0.15, 0.2) is 5.96 Å². The molecule has 6 heteroatoms. The van der Waals surface area contributed by atoms with Crippen molar-refractivity contribution in [3.63, 3.8) is 0 Å². The van der Waals surface area contributed by atoms with Crippen LogP contribution in [0.25, 0.3) is 0 Å². The molecule has 2 aliphatic carbocycles. The average molecular weight is 451 g/mol. The molecule has 0 aromatic rings. The van der Waals surface area contributed by atoms with E-state index in [2.05, 4.69) is 22.5 Å². The van der Waals surface area contributed by atoms with Crippen LogP contribution < -0.4 is 10.6 Å². The van der Waals surface area contributed by atoms with Gasteiger partial charge in [-0.05, 0) is 32.1 Å². The highest BCUT2D eigenvalue weighted by Crippen LogP contribution is 2.62. The average Bonchev–Trinajstić information content (AvgIpc) is 2.93. The van der Waals surface area contributed by atoms with E-state index in [0.717, 1.165) is 45.2 Å². The van der Waals surface area contributed by atoms with E-state index >= 15 is 0 Å². The third-order valence-electron chi connectivity index (χ3n) is 5.95. The third-order valence-corrected chi connectivity index (χ3v) is 5.95. The fourth-order valence-corrected chi connectivity index (χ4v) is 4.53. The highest BCUT2D eigenvalue weighted by molar-refractivity contribution is 14.0. The van der Waals surface area contributed by atoms with Gasteiger partial charge in [0.25, 0.3) is 0 Å². The molecule has 0 aromatic carbocycles. The molecule has 1 aliphatic heterocycles. The van der Waals surface area contributed by atoms with Gasteiger partial charge < -0.3 is 20.1 Å². The predicted octanol–water partition coefficient (Wildman–Crippen LogP) is 2.93. The summed E-state index contributed by atoms with van der Waals surface area (Å²) in [5.74, 6) is 1.63. The van der Waals surface area contributed by atoms with Crippen molar-refractivity contribution in [1.82, 2.24) is 10.6 Å². The van der Waals surface area contributed by atoms with Crippen molar-refractivity contribution in [2.75, 3.05) is 33.4 Å². The number of nitrogens with one attached hydrogen (secondary N) is 2.